The molecule has 0 unspecified atom stereocenters. The minimum absolute atomic E-state index is 0.247. The molecule has 1 aromatic carbocycles. The third-order valence-electron chi connectivity index (χ3n) is 8.62. The lowest BCUT2D eigenvalue weighted by atomic mass is 9.98. The molecule has 8 rings (SSSR count). The molecule has 4 atom stereocenters. The van der Waals surface area contributed by atoms with Gasteiger partial charge in [-0.1, -0.05) is 12.1 Å². The van der Waals surface area contributed by atoms with Crippen molar-refractivity contribution in [1.29, 1.82) is 0 Å². The number of benzene rings is 1. The SMILES string of the molecule is COC(=O)N[C@H]1C[C@H]2C[C@H]1O[C@H](C)COc1ccc(cc1)-c1c(-c3cn(C(F)F)nc3C)[nH]c3ncc4c(c13)n2c(=O)n4C. The van der Waals surface area contributed by atoms with Crippen molar-refractivity contribution in [2.45, 2.75) is 57.5 Å². The van der Waals surface area contributed by atoms with Crippen molar-refractivity contribution in [3.8, 4) is 28.1 Å². The molecule has 1 fully saturated rings. The van der Waals surface area contributed by atoms with Crippen LogP contribution in [0.4, 0.5) is 13.6 Å². The van der Waals surface area contributed by atoms with E-state index in [2.05, 4.69) is 20.4 Å². The number of methoxy groups -OCH3 is 1. The average molecular weight is 608 g/mol. The molecule has 1 aliphatic carbocycles. The Bertz CT molecular complexity index is 1960. The Morgan fingerprint density at radius 3 is 2.70 bits per heavy atom. The highest BCUT2D eigenvalue weighted by atomic mass is 19.3. The number of amides is 1. The third kappa shape index (κ3) is 4.43. The fourth-order valence-corrected chi connectivity index (χ4v) is 6.60. The molecule has 2 N–H and O–H groups in total. The number of aromatic amines is 1. The summed E-state index contributed by atoms with van der Waals surface area (Å²) in [7, 11) is 2.99. The van der Waals surface area contributed by atoms with E-state index in [9.17, 15) is 18.4 Å². The molecule has 2 aliphatic heterocycles. The van der Waals surface area contributed by atoms with Crippen LogP contribution < -0.4 is 15.7 Å². The van der Waals surface area contributed by atoms with E-state index in [1.54, 1.807) is 29.3 Å². The number of carbonyl (C=O) groups excluding carboxylic acids is 1. The first-order chi connectivity index (χ1) is 21.1. The van der Waals surface area contributed by atoms with Crippen molar-refractivity contribution in [2.24, 2.45) is 7.05 Å². The van der Waals surface area contributed by atoms with Gasteiger partial charge in [-0.15, -0.1) is 0 Å². The molecule has 14 heteroatoms. The van der Waals surface area contributed by atoms with Crippen LogP contribution in [0.15, 0.2) is 41.5 Å². The number of hydrogen-bond donors (Lipinski definition) is 2. The maximum atomic E-state index is 14.0. The van der Waals surface area contributed by atoms with E-state index in [-0.39, 0.29) is 24.4 Å². The molecule has 1 amide bonds. The summed E-state index contributed by atoms with van der Waals surface area (Å²) in [5, 5.41) is 7.59. The minimum Gasteiger partial charge on any atom is -0.491 e. The summed E-state index contributed by atoms with van der Waals surface area (Å²) in [6.07, 6.45) is 2.47. The van der Waals surface area contributed by atoms with Gasteiger partial charge in [0.25, 0.3) is 0 Å². The minimum atomic E-state index is -2.81. The molecule has 4 aromatic heterocycles. The second kappa shape index (κ2) is 10.5. The molecule has 44 heavy (non-hydrogen) atoms. The standard InChI is InChI=1S/C30H31F2N7O5/c1-14-13-43-18-7-5-16(6-8-18)23-24-26-21(11-33-27(24)35-25(23)19-12-38(28(31)32)36-15(19)2)37(3)30(41)39(26)17-9-20(22(10-17)44-14)34-29(40)42-4/h5-8,11-12,14,17,20,22,28H,9-10,13H2,1-4H3,(H,33,35)(H,34,40)/t14-,17+,20+,22-/m1/s1. The Balaban J connectivity index is 1.54. The number of carbonyl (C=O) groups is 1. The van der Waals surface area contributed by atoms with E-state index in [1.807, 2.05) is 31.2 Å². The van der Waals surface area contributed by atoms with E-state index in [0.29, 0.717) is 67.9 Å². The lowest BCUT2D eigenvalue weighted by molar-refractivity contribution is -0.0322. The number of hydrogen-bond acceptors (Lipinski definition) is 7. The fourth-order valence-electron chi connectivity index (χ4n) is 6.60. The topological polar surface area (TPSA) is 130 Å². The lowest BCUT2D eigenvalue weighted by Gasteiger charge is -2.24. The number of nitrogens with zero attached hydrogens (tertiary/aromatic N) is 5. The number of fused-ring (bicyclic) bond motifs is 5. The Labute approximate surface area is 249 Å². The Kier molecular flexibility index (Phi) is 6.68. The van der Waals surface area contributed by atoms with Crippen molar-refractivity contribution in [3.05, 3.63) is 52.8 Å². The van der Waals surface area contributed by atoms with Crippen LogP contribution in [0.1, 0.15) is 38.1 Å². The van der Waals surface area contributed by atoms with Gasteiger partial charge in [-0.25, -0.2) is 19.3 Å². The highest BCUT2D eigenvalue weighted by Crippen LogP contribution is 2.44. The van der Waals surface area contributed by atoms with Crippen LogP contribution in [0.25, 0.3) is 44.5 Å². The van der Waals surface area contributed by atoms with Crippen molar-refractivity contribution in [3.63, 3.8) is 0 Å². The molecule has 0 saturated heterocycles. The van der Waals surface area contributed by atoms with Crippen molar-refractivity contribution >= 4 is 28.2 Å². The van der Waals surface area contributed by atoms with Gasteiger partial charge in [-0.2, -0.15) is 13.9 Å². The first-order valence-electron chi connectivity index (χ1n) is 14.3. The number of ether oxygens (including phenoxy) is 3. The zero-order valence-corrected chi connectivity index (χ0v) is 24.5. The van der Waals surface area contributed by atoms with Gasteiger partial charge in [0.15, 0.2) is 0 Å². The highest BCUT2D eigenvalue weighted by Gasteiger charge is 2.40. The van der Waals surface area contributed by atoms with Crippen LogP contribution in [-0.4, -0.2) is 66.9 Å². The first kappa shape index (κ1) is 28.1. The molecule has 0 radical (unpaired) electrons. The normalized spacial score (nSPS) is 21.6. The third-order valence-corrected chi connectivity index (χ3v) is 8.62. The number of alkyl carbamates (subject to hydrolysis) is 1. The molecule has 12 nitrogen and oxygen atoms in total. The Hall–Kier alpha value is -4.72. The first-order valence-corrected chi connectivity index (χ1v) is 14.3. The highest BCUT2D eigenvalue weighted by molar-refractivity contribution is 6.14. The van der Waals surface area contributed by atoms with Gasteiger partial charge < -0.3 is 24.5 Å². The van der Waals surface area contributed by atoms with Gasteiger partial charge in [0.2, 0.25) is 0 Å². The molecule has 3 aliphatic rings. The predicted molar refractivity (Wildman–Crippen MR) is 157 cm³/mol. The second-order valence-electron chi connectivity index (χ2n) is 11.4. The molecule has 230 valence electrons. The molecule has 1 saturated carbocycles. The summed E-state index contributed by atoms with van der Waals surface area (Å²) in [6.45, 7) is 1.02. The van der Waals surface area contributed by atoms with Gasteiger partial charge in [0.1, 0.15) is 18.0 Å². The second-order valence-corrected chi connectivity index (χ2v) is 11.4. The van der Waals surface area contributed by atoms with Crippen molar-refractivity contribution in [2.75, 3.05) is 13.7 Å². The number of nitrogens with one attached hydrogen (secondary N) is 2. The lowest BCUT2D eigenvalue weighted by Crippen LogP contribution is -2.42. The van der Waals surface area contributed by atoms with Crippen LogP contribution in [-0.2, 0) is 16.5 Å². The number of halogens is 2. The van der Waals surface area contributed by atoms with Gasteiger partial charge in [0.05, 0.1) is 59.4 Å². The summed E-state index contributed by atoms with van der Waals surface area (Å²) >= 11 is 0. The van der Waals surface area contributed by atoms with Crippen LogP contribution in [0, 0.1) is 6.92 Å². The van der Waals surface area contributed by atoms with E-state index < -0.39 is 24.8 Å². The van der Waals surface area contributed by atoms with Crippen molar-refractivity contribution < 1.29 is 27.8 Å². The number of imidazole rings is 1. The number of rotatable bonds is 3. The van der Waals surface area contributed by atoms with Gasteiger partial charge >= 0.3 is 18.3 Å². The molecular weight excluding hydrogens is 576 g/mol. The van der Waals surface area contributed by atoms with E-state index in [4.69, 9.17) is 14.2 Å². The zero-order valence-electron chi connectivity index (χ0n) is 24.5. The molecule has 0 spiro atoms. The molecule has 6 heterocycles. The van der Waals surface area contributed by atoms with Crippen LogP contribution in [0.5, 0.6) is 5.75 Å². The van der Waals surface area contributed by atoms with Crippen molar-refractivity contribution in [1.82, 2.24) is 34.2 Å². The van der Waals surface area contributed by atoms with Gasteiger partial charge in [-0.3, -0.25) is 9.13 Å². The zero-order chi connectivity index (χ0) is 30.9. The fraction of sp³-hybridized carbons (Fsp3) is 0.400. The van der Waals surface area contributed by atoms with Gasteiger partial charge in [-0.05, 0) is 44.4 Å². The van der Waals surface area contributed by atoms with E-state index >= 15 is 0 Å². The molecular formula is C30H31F2N7O5. The summed E-state index contributed by atoms with van der Waals surface area (Å²) in [5.74, 6) is 0.621. The van der Waals surface area contributed by atoms with E-state index in [0.717, 1.165) is 5.56 Å². The summed E-state index contributed by atoms with van der Waals surface area (Å²) in [4.78, 5) is 34.3. The number of pyridine rings is 1. The predicted octanol–water partition coefficient (Wildman–Crippen LogP) is 4.68. The molecule has 4 bridgehead atoms. The maximum Gasteiger partial charge on any atom is 0.407 e. The summed E-state index contributed by atoms with van der Waals surface area (Å²) in [5.41, 5.74) is 4.40. The average Bonchev–Trinajstić information content (AvgIpc) is 3.75. The van der Waals surface area contributed by atoms with E-state index in [1.165, 1.54) is 13.3 Å². The van der Waals surface area contributed by atoms with Crippen LogP contribution in [0.3, 0.4) is 0 Å². The smallest absolute Gasteiger partial charge is 0.407 e. The monoisotopic (exact) mass is 607 g/mol. The number of H-pyrrole nitrogens is 1. The van der Waals surface area contributed by atoms with Gasteiger partial charge in [0, 0.05) is 30.4 Å². The summed E-state index contributed by atoms with van der Waals surface area (Å²) < 4.78 is 48.6. The number of aromatic nitrogens is 6. The maximum absolute atomic E-state index is 14.0. The molecule has 5 aromatic rings. The number of aryl methyl sites for hydroxylation is 2. The van der Waals surface area contributed by atoms with Crippen LogP contribution >= 0.6 is 0 Å². The summed E-state index contributed by atoms with van der Waals surface area (Å²) in [6, 6.07) is 6.68. The van der Waals surface area contributed by atoms with Crippen LogP contribution in [0.2, 0.25) is 0 Å². The largest absolute Gasteiger partial charge is 0.491 e. The Morgan fingerprint density at radius 2 is 2.00 bits per heavy atom. The Morgan fingerprint density at radius 1 is 1.23 bits per heavy atom. The quantitative estimate of drug-likeness (QED) is 0.305. The number of alkyl halides is 2.